The summed E-state index contributed by atoms with van der Waals surface area (Å²) in [6.07, 6.45) is 2.53. The summed E-state index contributed by atoms with van der Waals surface area (Å²) in [6.45, 7) is 1.65. The third kappa shape index (κ3) is 4.07. The Hall–Kier alpha value is -2.39. The number of hydrogen-bond acceptors (Lipinski definition) is 5. The molecule has 0 aliphatic heterocycles. The Kier molecular flexibility index (Phi) is 5.09. The van der Waals surface area contributed by atoms with Crippen molar-refractivity contribution in [1.82, 2.24) is 20.1 Å². The molecular weight excluding hydrogens is 254 g/mol. The molecule has 0 atom stereocenters. The van der Waals surface area contributed by atoms with Crippen LogP contribution in [0.1, 0.15) is 11.4 Å². The molecular formula is C14H17N5O. The highest BCUT2D eigenvalue weighted by atomic mass is 16.5. The van der Waals surface area contributed by atoms with Crippen LogP contribution < -0.4 is 10.1 Å². The minimum Gasteiger partial charge on any atom is -0.479 e. The lowest BCUT2D eigenvalue weighted by atomic mass is 10.2. The molecule has 0 amide bonds. The quantitative estimate of drug-likeness (QED) is 0.762. The molecule has 0 aliphatic rings. The number of aryl methyl sites for hydroxylation is 1. The highest BCUT2D eigenvalue weighted by Gasteiger charge is 2.00. The van der Waals surface area contributed by atoms with Gasteiger partial charge >= 0.3 is 0 Å². The van der Waals surface area contributed by atoms with Gasteiger partial charge in [0.05, 0.1) is 0 Å². The number of rotatable bonds is 7. The summed E-state index contributed by atoms with van der Waals surface area (Å²) < 4.78 is 7.18. The molecule has 1 aromatic heterocycles. The zero-order chi connectivity index (χ0) is 14.2. The third-order valence-electron chi connectivity index (χ3n) is 2.86. The van der Waals surface area contributed by atoms with Crippen LogP contribution in [-0.4, -0.2) is 27.9 Å². The molecule has 104 valence electrons. The van der Waals surface area contributed by atoms with Crippen LogP contribution in [0.5, 0.6) is 5.75 Å². The van der Waals surface area contributed by atoms with Crippen molar-refractivity contribution in [1.29, 1.82) is 5.26 Å². The van der Waals surface area contributed by atoms with E-state index in [1.54, 1.807) is 6.33 Å². The van der Waals surface area contributed by atoms with E-state index in [0.717, 1.165) is 36.6 Å². The molecule has 2 rings (SSSR count). The fourth-order valence-corrected chi connectivity index (χ4v) is 1.83. The van der Waals surface area contributed by atoms with Gasteiger partial charge in [0.2, 0.25) is 0 Å². The number of aromatic nitrogens is 3. The van der Waals surface area contributed by atoms with E-state index in [-0.39, 0.29) is 6.61 Å². The molecule has 0 saturated carbocycles. The van der Waals surface area contributed by atoms with Gasteiger partial charge in [-0.3, -0.25) is 0 Å². The lowest BCUT2D eigenvalue weighted by Gasteiger charge is -2.07. The van der Waals surface area contributed by atoms with E-state index >= 15 is 0 Å². The van der Waals surface area contributed by atoms with Gasteiger partial charge in [-0.2, -0.15) is 5.26 Å². The predicted molar refractivity (Wildman–Crippen MR) is 74.0 cm³/mol. The Morgan fingerprint density at radius 2 is 2.35 bits per heavy atom. The Morgan fingerprint density at radius 3 is 3.10 bits per heavy atom. The number of nitriles is 1. The Balaban J connectivity index is 1.76. The largest absolute Gasteiger partial charge is 0.479 e. The zero-order valence-corrected chi connectivity index (χ0v) is 11.4. The minimum atomic E-state index is 0.0725. The van der Waals surface area contributed by atoms with E-state index in [0.29, 0.717) is 0 Å². The number of hydrogen-bond donors (Lipinski definition) is 1. The van der Waals surface area contributed by atoms with E-state index in [4.69, 9.17) is 10.00 Å². The van der Waals surface area contributed by atoms with Gasteiger partial charge in [-0.25, -0.2) is 0 Å². The molecule has 0 spiro atoms. The molecule has 20 heavy (non-hydrogen) atoms. The maximum atomic E-state index is 8.48. The molecule has 0 radical (unpaired) electrons. The normalized spacial score (nSPS) is 10.2. The van der Waals surface area contributed by atoms with Gasteiger partial charge in [0.15, 0.2) is 6.61 Å². The van der Waals surface area contributed by atoms with Gasteiger partial charge in [-0.05, 0) is 17.7 Å². The van der Waals surface area contributed by atoms with Crippen molar-refractivity contribution in [3.63, 3.8) is 0 Å². The summed E-state index contributed by atoms with van der Waals surface area (Å²) in [5.41, 5.74) is 1.12. The van der Waals surface area contributed by atoms with E-state index in [1.165, 1.54) is 0 Å². The topological polar surface area (TPSA) is 75.8 Å². The van der Waals surface area contributed by atoms with Crippen molar-refractivity contribution < 1.29 is 4.74 Å². The van der Waals surface area contributed by atoms with Gasteiger partial charge in [-0.1, -0.05) is 12.1 Å². The molecule has 1 heterocycles. The molecule has 6 nitrogen and oxygen atoms in total. The van der Waals surface area contributed by atoms with Crippen LogP contribution in [0.25, 0.3) is 0 Å². The number of benzene rings is 1. The summed E-state index contributed by atoms with van der Waals surface area (Å²) in [5.74, 6) is 1.68. The number of nitrogens with zero attached hydrogens (tertiary/aromatic N) is 4. The van der Waals surface area contributed by atoms with Crippen molar-refractivity contribution in [2.24, 2.45) is 7.05 Å². The first kappa shape index (κ1) is 14.0. The highest BCUT2D eigenvalue weighted by molar-refractivity contribution is 5.28. The van der Waals surface area contributed by atoms with Gasteiger partial charge in [-0.15, -0.1) is 10.2 Å². The number of nitrogens with one attached hydrogen (secondary N) is 1. The van der Waals surface area contributed by atoms with Gasteiger partial charge in [0.25, 0.3) is 0 Å². The summed E-state index contributed by atoms with van der Waals surface area (Å²) in [4.78, 5) is 0. The summed E-state index contributed by atoms with van der Waals surface area (Å²) in [7, 11) is 1.94. The van der Waals surface area contributed by atoms with Crippen LogP contribution >= 0.6 is 0 Å². The first-order valence-electron chi connectivity index (χ1n) is 6.42. The van der Waals surface area contributed by atoms with Crippen molar-refractivity contribution in [2.45, 2.75) is 13.0 Å². The average molecular weight is 271 g/mol. The van der Waals surface area contributed by atoms with E-state index in [2.05, 4.69) is 15.5 Å². The fourth-order valence-electron chi connectivity index (χ4n) is 1.83. The molecule has 1 N–H and O–H groups in total. The second-order valence-electron chi connectivity index (χ2n) is 4.38. The van der Waals surface area contributed by atoms with Crippen LogP contribution in [-0.2, 0) is 20.0 Å². The highest BCUT2D eigenvalue weighted by Crippen LogP contribution is 2.12. The average Bonchev–Trinajstić information content (AvgIpc) is 2.87. The SMILES string of the molecule is Cn1cnnc1CCNCc1cccc(OCC#N)c1. The molecule has 1 aromatic carbocycles. The number of ether oxygens (including phenoxy) is 1. The van der Waals surface area contributed by atoms with E-state index in [1.807, 2.05) is 41.9 Å². The molecule has 0 bridgehead atoms. The third-order valence-corrected chi connectivity index (χ3v) is 2.86. The zero-order valence-electron chi connectivity index (χ0n) is 11.4. The molecule has 0 saturated heterocycles. The smallest absolute Gasteiger partial charge is 0.174 e. The fraction of sp³-hybridized carbons (Fsp3) is 0.357. The summed E-state index contributed by atoms with van der Waals surface area (Å²) in [5, 5.41) is 19.7. The van der Waals surface area contributed by atoms with Gasteiger partial charge < -0.3 is 14.6 Å². The molecule has 0 fully saturated rings. The van der Waals surface area contributed by atoms with Crippen LogP contribution in [0, 0.1) is 11.3 Å². The second-order valence-corrected chi connectivity index (χ2v) is 4.38. The van der Waals surface area contributed by atoms with E-state index < -0.39 is 0 Å². The first-order chi connectivity index (χ1) is 9.79. The second kappa shape index (κ2) is 7.26. The lowest BCUT2D eigenvalue weighted by molar-refractivity contribution is 0.367. The van der Waals surface area contributed by atoms with Crippen LogP contribution in [0.4, 0.5) is 0 Å². The van der Waals surface area contributed by atoms with Crippen molar-refractivity contribution in [3.05, 3.63) is 42.0 Å². The standard InChI is InChI=1S/C14H17N5O/c1-19-11-17-18-14(19)5-7-16-10-12-3-2-4-13(9-12)20-8-6-15/h2-4,9,11,16H,5,7-8,10H2,1H3. The Morgan fingerprint density at radius 1 is 1.45 bits per heavy atom. The van der Waals surface area contributed by atoms with E-state index in [9.17, 15) is 0 Å². The summed E-state index contributed by atoms with van der Waals surface area (Å²) >= 11 is 0. The molecule has 0 unspecified atom stereocenters. The van der Waals surface area contributed by atoms with Crippen LogP contribution in [0.15, 0.2) is 30.6 Å². The van der Waals surface area contributed by atoms with Crippen molar-refractivity contribution >= 4 is 0 Å². The monoisotopic (exact) mass is 271 g/mol. The maximum Gasteiger partial charge on any atom is 0.174 e. The van der Waals surface area contributed by atoms with Crippen LogP contribution in [0.3, 0.4) is 0 Å². The van der Waals surface area contributed by atoms with Crippen molar-refractivity contribution in [2.75, 3.05) is 13.2 Å². The minimum absolute atomic E-state index is 0.0725. The predicted octanol–water partition coefficient (Wildman–Crippen LogP) is 1.05. The Bertz CT molecular complexity index is 587. The molecule has 2 aromatic rings. The Labute approximate surface area is 118 Å². The van der Waals surface area contributed by atoms with Crippen LogP contribution in [0.2, 0.25) is 0 Å². The molecule has 6 heteroatoms. The van der Waals surface area contributed by atoms with Gasteiger partial charge in [0, 0.05) is 26.6 Å². The maximum absolute atomic E-state index is 8.48. The van der Waals surface area contributed by atoms with Gasteiger partial charge in [0.1, 0.15) is 24.0 Å². The first-order valence-corrected chi connectivity index (χ1v) is 6.42. The summed E-state index contributed by atoms with van der Waals surface area (Å²) in [6, 6.07) is 9.69. The molecule has 0 aliphatic carbocycles. The lowest BCUT2D eigenvalue weighted by Crippen LogP contribution is -2.18. The van der Waals surface area contributed by atoms with Crippen molar-refractivity contribution in [3.8, 4) is 11.8 Å².